The van der Waals surface area contributed by atoms with Crippen molar-refractivity contribution in [2.75, 3.05) is 0 Å². The Morgan fingerprint density at radius 3 is 2.88 bits per heavy atom. The summed E-state index contributed by atoms with van der Waals surface area (Å²) in [5.74, 6) is 1.27. The first-order valence-electron chi connectivity index (χ1n) is 5.38. The lowest BCUT2D eigenvalue weighted by molar-refractivity contribution is 0.599. The average molecular weight is 283 g/mol. The predicted octanol–water partition coefficient (Wildman–Crippen LogP) is 2.39. The molecule has 0 saturated heterocycles. The lowest BCUT2D eigenvalue weighted by atomic mass is 10.1. The minimum absolute atomic E-state index is 0.446. The molecule has 0 N–H and O–H groups in total. The highest BCUT2D eigenvalue weighted by Crippen LogP contribution is 2.18. The van der Waals surface area contributed by atoms with Gasteiger partial charge in [0, 0.05) is 22.6 Å². The van der Waals surface area contributed by atoms with Gasteiger partial charge in [-0.3, -0.25) is 0 Å². The van der Waals surface area contributed by atoms with Crippen LogP contribution in [0.3, 0.4) is 0 Å². The number of halogens is 1. The highest BCUT2D eigenvalue weighted by atomic mass is 79.9. The number of hydrogen-bond donors (Lipinski definition) is 0. The molecule has 5 heteroatoms. The van der Waals surface area contributed by atoms with Crippen molar-refractivity contribution in [3.63, 3.8) is 0 Å². The third kappa shape index (κ3) is 2.24. The Bertz CT molecular complexity index is 492. The molecule has 86 valence electrons. The maximum Gasteiger partial charge on any atom is 0.252 e. The number of aromatic nitrogens is 4. The summed E-state index contributed by atoms with van der Waals surface area (Å²) in [6.45, 7) is 6.38. The Hall–Kier alpha value is -0.970. The van der Waals surface area contributed by atoms with Crippen LogP contribution in [-0.2, 0) is 6.42 Å². The smallest absolute Gasteiger partial charge is 0.216 e. The molecule has 0 bridgehead atoms. The second-order valence-electron chi connectivity index (χ2n) is 4.32. The molecule has 0 saturated carbocycles. The molecule has 0 aliphatic rings. The van der Waals surface area contributed by atoms with Crippen molar-refractivity contribution in [3.8, 4) is 0 Å². The van der Waals surface area contributed by atoms with Crippen molar-refractivity contribution < 1.29 is 0 Å². The molecule has 0 aliphatic heterocycles. The van der Waals surface area contributed by atoms with Crippen LogP contribution in [-0.4, -0.2) is 24.4 Å². The average Bonchev–Trinajstić information content (AvgIpc) is 2.65. The van der Waals surface area contributed by atoms with Crippen LogP contribution in [0.2, 0.25) is 0 Å². The zero-order valence-corrected chi connectivity index (χ0v) is 11.3. The second-order valence-corrected chi connectivity index (χ2v) is 5.50. The van der Waals surface area contributed by atoms with Crippen LogP contribution in [0, 0.1) is 12.8 Å². The van der Waals surface area contributed by atoms with Gasteiger partial charge in [-0.25, -0.2) is 9.50 Å². The van der Waals surface area contributed by atoms with E-state index in [9.17, 15) is 0 Å². The molecule has 0 radical (unpaired) electrons. The van der Waals surface area contributed by atoms with E-state index in [0.717, 1.165) is 17.8 Å². The molecule has 0 aromatic carbocycles. The summed E-state index contributed by atoms with van der Waals surface area (Å²) < 4.78 is 1.81. The van der Waals surface area contributed by atoms with Crippen LogP contribution in [0.1, 0.15) is 25.2 Å². The largest absolute Gasteiger partial charge is 0.252 e. The highest BCUT2D eigenvalue weighted by Gasteiger charge is 2.13. The fourth-order valence-electron chi connectivity index (χ4n) is 1.59. The predicted molar refractivity (Wildman–Crippen MR) is 66.8 cm³/mol. The Balaban J connectivity index is 2.39. The monoisotopic (exact) mass is 282 g/mol. The maximum atomic E-state index is 4.32. The van der Waals surface area contributed by atoms with Crippen molar-refractivity contribution in [1.29, 1.82) is 0 Å². The summed E-state index contributed by atoms with van der Waals surface area (Å²) in [5, 5.41) is 4.19. The van der Waals surface area contributed by atoms with Crippen molar-refractivity contribution in [1.82, 2.24) is 19.6 Å². The van der Waals surface area contributed by atoms with E-state index >= 15 is 0 Å². The summed E-state index contributed by atoms with van der Waals surface area (Å²) >= 11 is 3.70. The van der Waals surface area contributed by atoms with Gasteiger partial charge < -0.3 is 0 Å². The van der Waals surface area contributed by atoms with Gasteiger partial charge in [0.05, 0.1) is 0 Å². The highest BCUT2D eigenvalue weighted by molar-refractivity contribution is 9.09. The molecule has 4 nitrogen and oxygen atoms in total. The van der Waals surface area contributed by atoms with Gasteiger partial charge in [-0.15, -0.1) is 0 Å². The van der Waals surface area contributed by atoms with Crippen LogP contribution in [0.15, 0.2) is 12.4 Å². The van der Waals surface area contributed by atoms with Crippen LogP contribution in [0.25, 0.3) is 5.78 Å². The zero-order chi connectivity index (χ0) is 11.7. The van der Waals surface area contributed by atoms with Crippen molar-refractivity contribution in [2.45, 2.75) is 32.0 Å². The van der Waals surface area contributed by atoms with Gasteiger partial charge in [-0.05, 0) is 18.9 Å². The number of rotatable bonds is 3. The Kier molecular flexibility index (Phi) is 3.23. The fraction of sp³-hybridized carbons (Fsp3) is 0.545. The molecule has 0 spiro atoms. The number of fused-ring (bicyclic) bond motifs is 1. The second kappa shape index (κ2) is 4.49. The summed E-state index contributed by atoms with van der Waals surface area (Å²) in [4.78, 5) is 8.89. The third-order valence-corrected chi connectivity index (χ3v) is 3.96. The lowest BCUT2D eigenvalue weighted by Crippen LogP contribution is -2.14. The molecule has 2 rings (SSSR count). The van der Waals surface area contributed by atoms with Crippen LogP contribution in [0.4, 0.5) is 0 Å². The van der Waals surface area contributed by atoms with Crippen molar-refractivity contribution >= 4 is 21.7 Å². The molecule has 2 heterocycles. The summed E-state index contributed by atoms with van der Waals surface area (Å²) in [7, 11) is 0. The Morgan fingerprint density at radius 2 is 2.19 bits per heavy atom. The fourth-order valence-corrected chi connectivity index (χ4v) is 1.92. The van der Waals surface area contributed by atoms with Crippen LogP contribution in [0.5, 0.6) is 0 Å². The van der Waals surface area contributed by atoms with E-state index in [1.165, 1.54) is 0 Å². The number of aryl methyl sites for hydroxylation is 1. The Labute approximate surface area is 103 Å². The summed E-state index contributed by atoms with van der Waals surface area (Å²) in [5.41, 5.74) is 2.13. The minimum atomic E-state index is 0.446. The van der Waals surface area contributed by atoms with E-state index in [1.807, 2.05) is 11.4 Å². The number of alkyl halides is 1. The summed E-state index contributed by atoms with van der Waals surface area (Å²) in [6, 6.07) is 2.07. The van der Waals surface area contributed by atoms with E-state index in [2.05, 4.69) is 50.9 Å². The first kappa shape index (κ1) is 11.5. The van der Waals surface area contributed by atoms with Crippen molar-refractivity contribution in [3.05, 3.63) is 23.8 Å². The van der Waals surface area contributed by atoms with Gasteiger partial charge in [0.25, 0.3) is 5.78 Å². The number of nitrogens with zero attached hydrogens (tertiary/aromatic N) is 4. The minimum Gasteiger partial charge on any atom is -0.216 e. The lowest BCUT2D eigenvalue weighted by Gasteiger charge is -2.14. The van der Waals surface area contributed by atoms with Gasteiger partial charge in [-0.1, -0.05) is 29.8 Å². The summed E-state index contributed by atoms with van der Waals surface area (Å²) in [6.07, 6.45) is 2.48. The topological polar surface area (TPSA) is 43.1 Å². The number of hydrogen-bond acceptors (Lipinski definition) is 3. The van der Waals surface area contributed by atoms with E-state index < -0.39 is 0 Å². The van der Waals surface area contributed by atoms with Gasteiger partial charge in [0.2, 0.25) is 0 Å². The van der Waals surface area contributed by atoms with E-state index in [4.69, 9.17) is 0 Å². The van der Waals surface area contributed by atoms with Gasteiger partial charge >= 0.3 is 0 Å². The molecule has 1 unspecified atom stereocenters. The van der Waals surface area contributed by atoms with Gasteiger partial charge in [0.15, 0.2) is 0 Å². The maximum absolute atomic E-state index is 4.32. The third-order valence-electron chi connectivity index (χ3n) is 2.58. The molecule has 2 aromatic heterocycles. The molecule has 2 aromatic rings. The first-order valence-corrected chi connectivity index (χ1v) is 6.30. The first-order chi connectivity index (χ1) is 7.58. The van der Waals surface area contributed by atoms with Crippen molar-refractivity contribution in [2.24, 2.45) is 5.92 Å². The molecular formula is C11H15BrN4. The molecule has 0 fully saturated rings. The van der Waals surface area contributed by atoms with Gasteiger partial charge in [-0.2, -0.15) is 10.1 Å². The molecular weight excluding hydrogens is 268 g/mol. The van der Waals surface area contributed by atoms with E-state index in [0.29, 0.717) is 16.5 Å². The van der Waals surface area contributed by atoms with Gasteiger partial charge in [0.1, 0.15) is 6.33 Å². The Morgan fingerprint density at radius 1 is 1.44 bits per heavy atom. The van der Waals surface area contributed by atoms with E-state index in [-0.39, 0.29) is 0 Å². The normalized spacial score (nSPS) is 13.6. The molecule has 16 heavy (non-hydrogen) atoms. The molecule has 1 atom stereocenters. The quantitative estimate of drug-likeness (QED) is 0.812. The van der Waals surface area contributed by atoms with Crippen LogP contribution >= 0.6 is 15.9 Å². The van der Waals surface area contributed by atoms with Crippen LogP contribution < -0.4 is 0 Å². The molecule has 0 amide bonds. The van der Waals surface area contributed by atoms with E-state index in [1.54, 1.807) is 6.33 Å². The zero-order valence-electron chi connectivity index (χ0n) is 9.68. The SMILES string of the molecule is Cc1cc(CC(Br)C(C)C)n2ncnc2n1. The molecule has 0 aliphatic carbocycles. The standard InChI is InChI=1S/C11H15BrN4/c1-7(2)10(12)5-9-4-8(3)15-11-13-6-14-16(9)11/h4,6-7,10H,5H2,1-3H3.